The van der Waals surface area contributed by atoms with Gasteiger partial charge in [-0.2, -0.15) is 5.10 Å². The first-order valence-corrected chi connectivity index (χ1v) is 8.87. The summed E-state index contributed by atoms with van der Waals surface area (Å²) in [6.07, 6.45) is 3.25. The molecule has 2 heterocycles. The first-order chi connectivity index (χ1) is 11.9. The van der Waals surface area contributed by atoms with Crippen LogP contribution in [-0.4, -0.2) is 24.3 Å². The Bertz CT molecular complexity index is 1040. The number of halogens is 1. The van der Waals surface area contributed by atoms with Gasteiger partial charge in [0.05, 0.1) is 16.7 Å². The average molecular weight is 396 g/mol. The van der Waals surface area contributed by atoms with Crippen LogP contribution in [0.5, 0.6) is 0 Å². The van der Waals surface area contributed by atoms with E-state index in [0.29, 0.717) is 0 Å². The molecule has 126 valence electrons. The van der Waals surface area contributed by atoms with Gasteiger partial charge in [0.1, 0.15) is 18.5 Å². The summed E-state index contributed by atoms with van der Waals surface area (Å²) in [5.74, 6) is 0.923. The van der Waals surface area contributed by atoms with Crippen molar-refractivity contribution in [3.63, 3.8) is 0 Å². The Labute approximate surface area is 154 Å². The Morgan fingerprint density at radius 2 is 1.84 bits per heavy atom. The van der Waals surface area contributed by atoms with Gasteiger partial charge in [0.2, 0.25) is 0 Å². The van der Waals surface area contributed by atoms with E-state index >= 15 is 0 Å². The molecule has 0 aliphatic rings. The van der Waals surface area contributed by atoms with Gasteiger partial charge >= 0.3 is 0 Å². The Hall–Kier alpha value is -2.47. The van der Waals surface area contributed by atoms with Crippen molar-refractivity contribution in [2.45, 2.75) is 26.3 Å². The van der Waals surface area contributed by atoms with Gasteiger partial charge in [0.15, 0.2) is 0 Å². The quantitative estimate of drug-likeness (QED) is 0.489. The zero-order valence-electron chi connectivity index (χ0n) is 14.3. The average Bonchev–Trinajstić information content (AvgIpc) is 3.21. The van der Waals surface area contributed by atoms with E-state index in [1.165, 1.54) is 0 Å². The van der Waals surface area contributed by atoms with Crippen molar-refractivity contribution < 1.29 is 0 Å². The van der Waals surface area contributed by atoms with Crippen LogP contribution in [-0.2, 0) is 5.54 Å². The van der Waals surface area contributed by atoms with E-state index in [0.717, 1.165) is 32.6 Å². The minimum Gasteiger partial charge on any atom is -0.319 e. The first-order valence-electron chi connectivity index (χ1n) is 8.08. The molecule has 0 saturated carbocycles. The SMILES string of the molecule is CC(C)(C)n1c(-c2ccccc2-n2cncn2)nc2cc(Br)ccc21. The van der Waals surface area contributed by atoms with Crippen molar-refractivity contribution in [2.24, 2.45) is 0 Å². The Morgan fingerprint density at radius 1 is 1.04 bits per heavy atom. The molecular formula is C19H18BrN5. The highest BCUT2D eigenvalue weighted by atomic mass is 79.9. The number of fused-ring (bicyclic) bond motifs is 1. The number of benzene rings is 2. The summed E-state index contributed by atoms with van der Waals surface area (Å²) in [4.78, 5) is 9.03. The molecule has 0 saturated heterocycles. The lowest BCUT2D eigenvalue weighted by atomic mass is 10.1. The fourth-order valence-corrected chi connectivity index (χ4v) is 3.46. The van der Waals surface area contributed by atoms with Crippen LogP contribution >= 0.6 is 15.9 Å². The smallest absolute Gasteiger partial charge is 0.143 e. The fourth-order valence-electron chi connectivity index (χ4n) is 3.11. The number of nitrogens with zero attached hydrogens (tertiary/aromatic N) is 5. The van der Waals surface area contributed by atoms with Crippen LogP contribution in [0.25, 0.3) is 28.1 Å². The second kappa shape index (κ2) is 5.81. The Morgan fingerprint density at radius 3 is 2.56 bits per heavy atom. The van der Waals surface area contributed by atoms with E-state index in [-0.39, 0.29) is 5.54 Å². The first kappa shape index (κ1) is 16.0. The summed E-state index contributed by atoms with van der Waals surface area (Å²) in [6, 6.07) is 14.4. The molecule has 5 nitrogen and oxygen atoms in total. The molecule has 0 atom stereocenters. The van der Waals surface area contributed by atoms with Crippen LogP contribution in [0.2, 0.25) is 0 Å². The predicted molar refractivity (Wildman–Crippen MR) is 103 cm³/mol. The molecule has 0 bridgehead atoms. The van der Waals surface area contributed by atoms with Crippen LogP contribution in [0.3, 0.4) is 0 Å². The highest BCUT2D eigenvalue weighted by Gasteiger charge is 2.24. The van der Waals surface area contributed by atoms with E-state index in [2.05, 4.69) is 75.6 Å². The lowest BCUT2D eigenvalue weighted by molar-refractivity contribution is 0.413. The van der Waals surface area contributed by atoms with Gasteiger partial charge in [0, 0.05) is 15.6 Å². The minimum atomic E-state index is -0.118. The third-order valence-corrected chi connectivity index (χ3v) is 4.59. The largest absolute Gasteiger partial charge is 0.319 e. The van der Waals surface area contributed by atoms with Crippen LogP contribution in [0.15, 0.2) is 59.6 Å². The fraction of sp³-hybridized carbons (Fsp3) is 0.211. The van der Waals surface area contributed by atoms with E-state index in [1.54, 1.807) is 17.3 Å². The lowest BCUT2D eigenvalue weighted by Crippen LogP contribution is -2.23. The number of aromatic nitrogens is 5. The number of hydrogen-bond acceptors (Lipinski definition) is 3. The highest BCUT2D eigenvalue weighted by molar-refractivity contribution is 9.10. The number of imidazole rings is 1. The third-order valence-electron chi connectivity index (χ3n) is 4.10. The topological polar surface area (TPSA) is 48.5 Å². The monoisotopic (exact) mass is 395 g/mol. The van der Waals surface area contributed by atoms with Crippen molar-refractivity contribution in [1.29, 1.82) is 0 Å². The molecule has 4 aromatic rings. The zero-order valence-corrected chi connectivity index (χ0v) is 15.9. The molecule has 25 heavy (non-hydrogen) atoms. The molecular weight excluding hydrogens is 378 g/mol. The third kappa shape index (κ3) is 2.76. The summed E-state index contributed by atoms with van der Waals surface area (Å²) in [5, 5.41) is 4.29. The van der Waals surface area contributed by atoms with Gasteiger partial charge < -0.3 is 4.57 Å². The van der Waals surface area contributed by atoms with E-state index in [4.69, 9.17) is 4.98 Å². The maximum Gasteiger partial charge on any atom is 0.143 e. The number of rotatable bonds is 2. The van der Waals surface area contributed by atoms with Gasteiger partial charge in [-0.3, -0.25) is 0 Å². The van der Waals surface area contributed by atoms with Crippen molar-refractivity contribution in [1.82, 2.24) is 24.3 Å². The summed E-state index contributed by atoms with van der Waals surface area (Å²) in [6.45, 7) is 6.58. The summed E-state index contributed by atoms with van der Waals surface area (Å²) >= 11 is 3.55. The van der Waals surface area contributed by atoms with E-state index in [1.807, 2.05) is 18.2 Å². The van der Waals surface area contributed by atoms with E-state index < -0.39 is 0 Å². The summed E-state index contributed by atoms with van der Waals surface area (Å²) < 4.78 is 5.08. The number of para-hydroxylation sites is 1. The standard InChI is InChI=1S/C19H18BrN5/c1-19(2,3)25-17-9-8-13(20)10-15(17)23-18(25)14-6-4-5-7-16(14)24-12-21-11-22-24/h4-12H,1-3H3. The van der Waals surface area contributed by atoms with Gasteiger partial charge in [-0.05, 0) is 51.1 Å². The molecule has 0 amide bonds. The molecule has 2 aromatic carbocycles. The van der Waals surface area contributed by atoms with Crippen molar-refractivity contribution >= 4 is 27.0 Å². The maximum atomic E-state index is 4.95. The molecule has 2 aromatic heterocycles. The Balaban J connectivity index is 2.06. The van der Waals surface area contributed by atoms with E-state index in [9.17, 15) is 0 Å². The van der Waals surface area contributed by atoms with Gasteiger partial charge in [-0.15, -0.1) is 0 Å². The molecule has 0 aliphatic carbocycles. The molecule has 0 fully saturated rings. The van der Waals surface area contributed by atoms with Gasteiger partial charge in [-0.1, -0.05) is 28.1 Å². The number of hydrogen-bond donors (Lipinski definition) is 0. The van der Waals surface area contributed by atoms with Crippen molar-refractivity contribution in [2.75, 3.05) is 0 Å². The van der Waals surface area contributed by atoms with Crippen molar-refractivity contribution in [3.8, 4) is 17.1 Å². The molecule has 0 spiro atoms. The van der Waals surface area contributed by atoms with Crippen LogP contribution in [0.1, 0.15) is 20.8 Å². The van der Waals surface area contributed by atoms with Gasteiger partial charge in [-0.25, -0.2) is 14.6 Å². The molecule has 0 radical (unpaired) electrons. The molecule has 0 aliphatic heterocycles. The lowest BCUT2D eigenvalue weighted by Gasteiger charge is -2.25. The Kier molecular flexibility index (Phi) is 3.72. The second-order valence-electron chi connectivity index (χ2n) is 6.93. The normalized spacial score (nSPS) is 12.0. The minimum absolute atomic E-state index is 0.118. The van der Waals surface area contributed by atoms with Crippen LogP contribution < -0.4 is 0 Å². The highest BCUT2D eigenvalue weighted by Crippen LogP contribution is 2.34. The molecule has 6 heteroatoms. The summed E-state index contributed by atoms with van der Waals surface area (Å²) in [7, 11) is 0. The summed E-state index contributed by atoms with van der Waals surface area (Å²) in [5.41, 5.74) is 3.94. The zero-order chi connectivity index (χ0) is 17.6. The molecule has 0 N–H and O–H groups in total. The van der Waals surface area contributed by atoms with Gasteiger partial charge in [0.25, 0.3) is 0 Å². The van der Waals surface area contributed by atoms with Crippen LogP contribution in [0.4, 0.5) is 0 Å². The molecule has 0 unspecified atom stereocenters. The molecule has 4 rings (SSSR count). The maximum absolute atomic E-state index is 4.95. The second-order valence-corrected chi connectivity index (χ2v) is 7.85. The predicted octanol–water partition coefficient (Wildman–Crippen LogP) is 4.80. The van der Waals surface area contributed by atoms with Crippen molar-refractivity contribution in [3.05, 3.63) is 59.6 Å². The van der Waals surface area contributed by atoms with Crippen LogP contribution in [0, 0.1) is 0 Å².